The van der Waals surface area contributed by atoms with E-state index in [-0.39, 0.29) is 0 Å². The summed E-state index contributed by atoms with van der Waals surface area (Å²) in [6.45, 7) is 9.17. The van der Waals surface area contributed by atoms with Crippen LogP contribution < -0.4 is 5.43 Å². The fourth-order valence-corrected chi connectivity index (χ4v) is 3.73. The summed E-state index contributed by atoms with van der Waals surface area (Å²) in [4.78, 5) is 2.94. The minimum atomic E-state index is 0.429. The SMILES string of the molecule is CCc1ccc(C(C)NN2C(C)CCCC2C)s1. The minimum absolute atomic E-state index is 0.429. The van der Waals surface area contributed by atoms with Crippen molar-refractivity contribution in [1.82, 2.24) is 10.4 Å². The van der Waals surface area contributed by atoms with Crippen LogP contribution in [-0.2, 0) is 6.42 Å². The van der Waals surface area contributed by atoms with Gasteiger partial charge in [0.1, 0.15) is 0 Å². The highest BCUT2D eigenvalue weighted by Gasteiger charge is 2.26. The number of aryl methyl sites for hydroxylation is 1. The summed E-state index contributed by atoms with van der Waals surface area (Å²) in [6, 6.07) is 6.28. The van der Waals surface area contributed by atoms with Gasteiger partial charge in [-0.2, -0.15) is 0 Å². The number of thiophene rings is 1. The summed E-state index contributed by atoms with van der Waals surface area (Å²) >= 11 is 1.94. The van der Waals surface area contributed by atoms with Crippen LogP contribution in [-0.4, -0.2) is 17.1 Å². The largest absolute Gasteiger partial charge is 0.247 e. The second-order valence-electron chi connectivity index (χ2n) is 5.54. The predicted molar refractivity (Wildman–Crippen MR) is 79.9 cm³/mol. The summed E-state index contributed by atoms with van der Waals surface area (Å²) in [5.41, 5.74) is 3.72. The Morgan fingerprint density at radius 1 is 1.33 bits per heavy atom. The van der Waals surface area contributed by atoms with E-state index in [1.807, 2.05) is 11.3 Å². The van der Waals surface area contributed by atoms with Gasteiger partial charge in [0.05, 0.1) is 6.04 Å². The van der Waals surface area contributed by atoms with Gasteiger partial charge in [0.2, 0.25) is 0 Å². The second-order valence-corrected chi connectivity index (χ2v) is 6.74. The Hall–Kier alpha value is -0.380. The van der Waals surface area contributed by atoms with Crippen LogP contribution in [0.5, 0.6) is 0 Å². The number of hydrogen-bond acceptors (Lipinski definition) is 3. The molecule has 0 saturated carbocycles. The number of hydrazine groups is 1. The van der Waals surface area contributed by atoms with Gasteiger partial charge in [-0.1, -0.05) is 13.3 Å². The molecule has 3 unspecified atom stereocenters. The number of rotatable bonds is 4. The third-order valence-electron chi connectivity index (χ3n) is 3.99. The molecular formula is C15H26N2S. The van der Waals surface area contributed by atoms with Gasteiger partial charge in [0.15, 0.2) is 0 Å². The van der Waals surface area contributed by atoms with Gasteiger partial charge in [0.25, 0.3) is 0 Å². The predicted octanol–water partition coefficient (Wildman–Crippen LogP) is 4.14. The van der Waals surface area contributed by atoms with Crippen LogP contribution in [0.1, 0.15) is 62.8 Å². The first-order valence-electron chi connectivity index (χ1n) is 7.25. The molecule has 1 aliphatic heterocycles. The molecule has 102 valence electrons. The van der Waals surface area contributed by atoms with Crippen molar-refractivity contribution >= 4 is 11.3 Å². The Morgan fingerprint density at radius 2 is 2.00 bits per heavy atom. The van der Waals surface area contributed by atoms with E-state index in [1.165, 1.54) is 29.0 Å². The van der Waals surface area contributed by atoms with Gasteiger partial charge in [-0.05, 0) is 52.2 Å². The monoisotopic (exact) mass is 266 g/mol. The molecule has 1 fully saturated rings. The van der Waals surface area contributed by atoms with Crippen molar-refractivity contribution in [3.63, 3.8) is 0 Å². The Labute approximate surface area is 115 Å². The lowest BCUT2D eigenvalue weighted by atomic mass is 10.00. The van der Waals surface area contributed by atoms with E-state index >= 15 is 0 Å². The lowest BCUT2D eigenvalue weighted by Gasteiger charge is -2.40. The number of hydrogen-bond donors (Lipinski definition) is 1. The Bertz CT molecular complexity index is 364. The maximum absolute atomic E-state index is 3.72. The highest BCUT2D eigenvalue weighted by atomic mass is 32.1. The molecule has 1 saturated heterocycles. The molecule has 3 heteroatoms. The lowest BCUT2D eigenvalue weighted by molar-refractivity contribution is 0.0325. The Balaban J connectivity index is 1.99. The van der Waals surface area contributed by atoms with Crippen molar-refractivity contribution in [1.29, 1.82) is 0 Å². The molecule has 2 rings (SSSR count). The van der Waals surface area contributed by atoms with Gasteiger partial charge in [0, 0.05) is 21.8 Å². The summed E-state index contributed by atoms with van der Waals surface area (Å²) in [6.07, 6.45) is 5.14. The first kappa shape index (κ1) is 14.0. The van der Waals surface area contributed by atoms with E-state index in [0.29, 0.717) is 18.1 Å². The van der Waals surface area contributed by atoms with Crippen molar-refractivity contribution in [2.24, 2.45) is 0 Å². The van der Waals surface area contributed by atoms with Gasteiger partial charge < -0.3 is 0 Å². The molecule has 1 aromatic heterocycles. The highest BCUT2D eigenvalue weighted by Crippen LogP contribution is 2.26. The number of piperidine rings is 1. The highest BCUT2D eigenvalue weighted by molar-refractivity contribution is 7.12. The van der Waals surface area contributed by atoms with Gasteiger partial charge in [-0.15, -0.1) is 11.3 Å². The molecule has 3 atom stereocenters. The minimum Gasteiger partial charge on any atom is -0.247 e. The average molecular weight is 266 g/mol. The normalized spacial score (nSPS) is 27.3. The first-order chi connectivity index (χ1) is 8.61. The molecule has 0 aliphatic carbocycles. The maximum atomic E-state index is 3.72. The van der Waals surface area contributed by atoms with Crippen LogP contribution in [0.2, 0.25) is 0 Å². The summed E-state index contributed by atoms with van der Waals surface area (Å²) in [7, 11) is 0. The van der Waals surface area contributed by atoms with Gasteiger partial charge in [-0.25, -0.2) is 10.4 Å². The smallest absolute Gasteiger partial charge is 0.0530 e. The lowest BCUT2D eigenvalue weighted by Crippen LogP contribution is -2.52. The molecule has 1 aliphatic rings. The quantitative estimate of drug-likeness (QED) is 0.881. The second kappa shape index (κ2) is 6.18. The first-order valence-corrected chi connectivity index (χ1v) is 8.06. The molecule has 18 heavy (non-hydrogen) atoms. The zero-order valence-electron chi connectivity index (χ0n) is 12.1. The topological polar surface area (TPSA) is 15.3 Å². The van der Waals surface area contributed by atoms with Crippen LogP contribution in [0.25, 0.3) is 0 Å². The molecule has 2 heterocycles. The van der Waals surface area contributed by atoms with Crippen LogP contribution >= 0.6 is 11.3 Å². The molecule has 2 nitrogen and oxygen atoms in total. The van der Waals surface area contributed by atoms with E-state index in [0.717, 1.165) is 6.42 Å². The van der Waals surface area contributed by atoms with E-state index in [4.69, 9.17) is 0 Å². The molecular weight excluding hydrogens is 240 g/mol. The molecule has 0 amide bonds. The summed E-state index contributed by atoms with van der Waals surface area (Å²) in [5, 5.41) is 2.47. The van der Waals surface area contributed by atoms with Crippen LogP contribution in [0.4, 0.5) is 0 Å². The van der Waals surface area contributed by atoms with Crippen LogP contribution in [0.15, 0.2) is 12.1 Å². The molecule has 0 bridgehead atoms. The van der Waals surface area contributed by atoms with Gasteiger partial charge >= 0.3 is 0 Å². The Morgan fingerprint density at radius 3 is 2.56 bits per heavy atom. The van der Waals surface area contributed by atoms with E-state index in [9.17, 15) is 0 Å². The van der Waals surface area contributed by atoms with Gasteiger partial charge in [-0.3, -0.25) is 0 Å². The fourth-order valence-electron chi connectivity index (χ4n) is 2.78. The van der Waals surface area contributed by atoms with Crippen molar-refractivity contribution < 1.29 is 0 Å². The van der Waals surface area contributed by atoms with E-state index in [1.54, 1.807) is 0 Å². The standard InChI is InChI=1S/C15H26N2S/c1-5-14-9-10-15(18-14)13(4)16-17-11(2)7-6-8-12(17)3/h9-13,16H,5-8H2,1-4H3. The molecule has 1 N–H and O–H groups in total. The third kappa shape index (κ3) is 3.14. The number of nitrogens with one attached hydrogen (secondary N) is 1. The Kier molecular flexibility index (Phi) is 4.82. The maximum Gasteiger partial charge on any atom is 0.0530 e. The van der Waals surface area contributed by atoms with Crippen molar-refractivity contribution in [2.75, 3.05) is 0 Å². The zero-order valence-corrected chi connectivity index (χ0v) is 12.9. The van der Waals surface area contributed by atoms with E-state index in [2.05, 4.69) is 50.3 Å². The third-order valence-corrected chi connectivity index (χ3v) is 5.41. The van der Waals surface area contributed by atoms with Crippen LogP contribution in [0, 0.1) is 0 Å². The molecule has 0 spiro atoms. The average Bonchev–Trinajstić information content (AvgIpc) is 2.82. The fraction of sp³-hybridized carbons (Fsp3) is 0.733. The van der Waals surface area contributed by atoms with E-state index < -0.39 is 0 Å². The molecule has 0 aromatic carbocycles. The number of nitrogens with zero attached hydrogens (tertiary/aromatic N) is 1. The molecule has 0 radical (unpaired) electrons. The van der Waals surface area contributed by atoms with Crippen molar-refractivity contribution in [3.05, 3.63) is 21.9 Å². The van der Waals surface area contributed by atoms with Crippen molar-refractivity contribution in [3.8, 4) is 0 Å². The zero-order chi connectivity index (χ0) is 13.1. The summed E-state index contributed by atoms with van der Waals surface area (Å²) < 4.78 is 0. The van der Waals surface area contributed by atoms with Crippen molar-refractivity contribution in [2.45, 2.75) is 71.5 Å². The summed E-state index contributed by atoms with van der Waals surface area (Å²) in [5.74, 6) is 0. The molecule has 1 aromatic rings. The van der Waals surface area contributed by atoms with Crippen LogP contribution in [0.3, 0.4) is 0 Å².